The number of carbonyl (C=O) groups is 1. The minimum atomic E-state index is -0.0339. The van der Waals surface area contributed by atoms with Crippen molar-refractivity contribution in [3.8, 4) is 0 Å². The smallest absolute Gasteiger partial charge is 0.224 e. The number of halogens is 1. The van der Waals surface area contributed by atoms with Crippen molar-refractivity contribution in [2.75, 3.05) is 11.9 Å². The standard InChI is InChI=1S/C13H20ClN3O/c1-9(2)5-10(8-15)6-13(18)17-11-3-4-16-12(14)7-11/h3-4,7,9-10H,5-6,8,15H2,1-2H3,(H,16,17,18). The van der Waals surface area contributed by atoms with Gasteiger partial charge in [-0.1, -0.05) is 25.4 Å². The van der Waals surface area contributed by atoms with E-state index in [9.17, 15) is 4.79 Å². The summed E-state index contributed by atoms with van der Waals surface area (Å²) >= 11 is 5.75. The molecule has 0 aliphatic rings. The zero-order valence-electron chi connectivity index (χ0n) is 10.8. The van der Waals surface area contributed by atoms with Gasteiger partial charge in [0.15, 0.2) is 0 Å². The van der Waals surface area contributed by atoms with Crippen LogP contribution in [0.15, 0.2) is 18.3 Å². The normalized spacial score (nSPS) is 12.5. The third kappa shape index (κ3) is 5.47. The van der Waals surface area contributed by atoms with Gasteiger partial charge in [0.05, 0.1) is 0 Å². The molecular formula is C13H20ClN3O. The molecule has 0 bridgehead atoms. The lowest BCUT2D eigenvalue weighted by Crippen LogP contribution is -2.23. The Balaban J connectivity index is 2.50. The lowest BCUT2D eigenvalue weighted by molar-refractivity contribution is -0.117. The second kappa shape index (κ2) is 7.34. The largest absolute Gasteiger partial charge is 0.330 e. The first-order valence-corrected chi connectivity index (χ1v) is 6.50. The number of pyridine rings is 1. The molecule has 1 aromatic rings. The second-order valence-electron chi connectivity index (χ2n) is 4.85. The highest BCUT2D eigenvalue weighted by Gasteiger charge is 2.14. The fourth-order valence-electron chi connectivity index (χ4n) is 1.88. The summed E-state index contributed by atoms with van der Waals surface area (Å²) in [6.45, 7) is 4.79. The molecular weight excluding hydrogens is 250 g/mol. The molecule has 0 aliphatic heterocycles. The van der Waals surface area contributed by atoms with Crippen molar-refractivity contribution in [3.05, 3.63) is 23.5 Å². The van der Waals surface area contributed by atoms with Crippen LogP contribution in [0.4, 0.5) is 5.69 Å². The molecule has 0 radical (unpaired) electrons. The zero-order chi connectivity index (χ0) is 13.5. The van der Waals surface area contributed by atoms with Gasteiger partial charge in [-0.15, -0.1) is 0 Å². The van der Waals surface area contributed by atoms with Crippen molar-refractivity contribution in [2.24, 2.45) is 17.6 Å². The lowest BCUT2D eigenvalue weighted by Gasteiger charge is -2.16. The van der Waals surface area contributed by atoms with Crippen molar-refractivity contribution in [3.63, 3.8) is 0 Å². The van der Waals surface area contributed by atoms with Gasteiger partial charge in [-0.3, -0.25) is 4.79 Å². The van der Waals surface area contributed by atoms with Crippen LogP contribution in [0.25, 0.3) is 0 Å². The Labute approximate surface area is 113 Å². The number of hydrogen-bond donors (Lipinski definition) is 2. The van der Waals surface area contributed by atoms with Crippen LogP contribution in [-0.2, 0) is 4.79 Å². The number of aromatic nitrogens is 1. The molecule has 0 fully saturated rings. The molecule has 4 nitrogen and oxygen atoms in total. The van der Waals surface area contributed by atoms with E-state index in [1.807, 2.05) is 0 Å². The highest BCUT2D eigenvalue weighted by molar-refractivity contribution is 6.29. The summed E-state index contributed by atoms with van der Waals surface area (Å²) in [6, 6.07) is 3.34. The Morgan fingerprint density at radius 1 is 1.56 bits per heavy atom. The van der Waals surface area contributed by atoms with Crippen molar-refractivity contribution in [2.45, 2.75) is 26.7 Å². The van der Waals surface area contributed by atoms with Crippen LogP contribution in [0.1, 0.15) is 26.7 Å². The quantitative estimate of drug-likeness (QED) is 0.780. The lowest BCUT2D eigenvalue weighted by atomic mass is 9.94. The predicted molar refractivity (Wildman–Crippen MR) is 74.5 cm³/mol. The van der Waals surface area contributed by atoms with Crippen molar-refractivity contribution in [1.29, 1.82) is 0 Å². The number of nitrogens with one attached hydrogen (secondary N) is 1. The van der Waals surface area contributed by atoms with E-state index < -0.39 is 0 Å². The van der Waals surface area contributed by atoms with E-state index in [0.717, 1.165) is 6.42 Å². The summed E-state index contributed by atoms with van der Waals surface area (Å²) in [5.41, 5.74) is 6.34. The molecule has 1 atom stereocenters. The molecule has 1 amide bonds. The van der Waals surface area contributed by atoms with Gasteiger partial charge in [-0.05, 0) is 36.9 Å². The highest BCUT2D eigenvalue weighted by Crippen LogP contribution is 2.16. The molecule has 0 saturated heterocycles. The van der Waals surface area contributed by atoms with E-state index in [1.54, 1.807) is 18.3 Å². The van der Waals surface area contributed by atoms with Crippen molar-refractivity contribution < 1.29 is 4.79 Å². The fourth-order valence-corrected chi connectivity index (χ4v) is 2.06. The summed E-state index contributed by atoms with van der Waals surface area (Å²) in [7, 11) is 0. The summed E-state index contributed by atoms with van der Waals surface area (Å²) in [4.78, 5) is 15.7. The average molecular weight is 270 g/mol. The van der Waals surface area contributed by atoms with Crippen LogP contribution in [0.3, 0.4) is 0 Å². The molecule has 1 unspecified atom stereocenters. The first-order valence-electron chi connectivity index (χ1n) is 6.12. The minimum Gasteiger partial charge on any atom is -0.330 e. The molecule has 100 valence electrons. The van der Waals surface area contributed by atoms with E-state index in [0.29, 0.717) is 29.7 Å². The third-order valence-electron chi connectivity index (χ3n) is 2.62. The monoisotopic (exact) mass is 269 g/mol. The summed E-state index contributed by atoms with van der Waals surface area (Å²) < 4.78 is 0. The second-order valence-corrected chi connectivity index (χ2v) is 5.24. The molecule has 18 heavy (non-hydrogen) atoms. The Bertz CT molecular complexity index is 396. The van der Waals surface area contributed by atoms with Gasteiger partial charge in [0, 0.05) is 18.3 Å². The van der Waals surface area contributed by atoms with E-state index in [1.165, 1.54) is 0 Å². The van der Waals surface area contributed by atoms with Gasteiger partial charge < -0.3 is 11.1 Å². The van der Waals surface area contributed by atoms with Crippen LogP contribution >= 0.6 is 11.6 Å². The Morgan fingerprint density at radius 2 is 2.28 bits per heavy atom. The maximum Gasteiger partial charge on any atom is 0.224 e. The van der Waals surface area contributed by atoms with E-state index >= 15 is 0 Å². The molecule has 0 aliphatic carbocycles. The Kier molecular flexibility index (Phi) is 6.09. The van der Waals surface area contributed by atoms with Crippen LogP contribution in [-0.4, -0.2) is 17.4 Å². The van der Waals surface area contributed by atoms with Gasteiger partial charge in [-0.25, -0.2) is 4.98 Å². The summed E-state index contributed by atoms with van der Waals surface area (Å²) in [6.07, 6.45) is 2.96. The number of carbonyl (C=O) groups excluding carboxylic acids is 1. The highest BCUT2D eigenvalue weighted by atomic mass is 35.5. The number of nitrogens with two attached hydrogens (primary N) is 1. The number of hydrogen-bond acceptors (Lipinski definition) is 3. The van der Waals surface area contributed by atoms with Gasteiger partial charge in [0.25, 0.3) is 0 Å². The Morgan fingerprint density at radius 3 is 2.83 bits per heavy atom. The predicted octanol–water partition coefficient (Wildman–Crippen LogP) is 2.68. The maximum absolute atomic E-state index is 11.8. The maximum atomic E-state index is 11.8. The third-order valence-corrected chi connectivity index (χ3v) is 2.83. The van der Waals surface area contributed by atoms with Crippen LogP contribution in [0.2, 0.25) is 5.15 Å². The molecule has 3 N–H and O–H groups in total. The van der Waals surface area contributed by atoms with Crippen LogP contribution < -0.4 is 11.1 Å². The summed E-state index contributed by atoms with van der Waals surface area (Å²) in [5.74, 6) is 0.734. The molecule has 1 heterocycles. The molecule has 1 rings (SSSR count). The first kappa shape index (κ1) is 14.9. The number of amides is 1. The molecule has 0 aromatic carbocycles. The van der Waals surface area contributed by atoms with Crippen LogP contribution in [0, 0.1) is 11.8 Å². The van der Waals surface area contributed by atoms with Gasteiger partial charge in [0.1, 0.15) is 5.15 Å². The minimum absolute atomic E-state index is 0.0339. The Hall–Kier alpha value is -1.13. The van der Waals surface area contributed by atoms with Crippen LogP contribution in [0.5, 0.6) is 0 Å². The molecule has 1 aromatic heterocycles. The first-order chi connectivity index (χ1) is 8.51. The molecule has 5 heteroatoms. The molecule has 0 saturated carbocycles. The van der Waals surface area contributed by atoms with Crippen molar-refractivity contribution >= 4 is 23.2 Å². The number of anilines is 1. The van der Waals surface area contributed by atoms with Gasteiger partial charge >= 0.3 is 0 Å². The van der Waals surface area contributed by atoms with Gasteiger partial charge in [-0.2, -0.15) is 0 Å². The topological polar surface area (TPSA) is 68.0 Å². The van der Waals surface area contributed by atoms with E-state index in [-0.39, 0.29) is 11.8 Å². The van der Waals surface area contributed by atoms with Gasteiger partial charge in [0.2, 0.25) is 5.91 Å². The number of nitrogens with zero attached hydrogens (tertiary/aromatic N) is 1. The number of rotatable bonds is 6. The van der Waals surface area contributed by atoms with E-state index in [2.05, 4.69) is 24.1 Å². The zero-order valence-corrected chi connectivity index (χ0v) is 11.6. The SMILES string of the molecule is CC(C)CC(CN)CC(=O)Nc1ccnc(Cl)c1. The van der Waals surface area contributed by atoms with E-state index in [4.69, 9.17) is 17.3 Å². The summed E-state index contributed by atoms with van der Waals surface area (Å²) in [5, 5.41) is 3.17. The van der Waals surface area contributed by atoms with Crippen molar-refractivity contribution in [1.82, 2.24) is 4.98 Å². The fraction of sp³-hybridized carbons (Fsp3) is 0.538. The average Bonchev–Trinajstić information content (AvgIpc) is 2.27. The molecule has 0 spiro atoms.